The number of amides is 1. The van der Waals surface area contributed by atoms with E-state index in [0.717, 1.165) is 18.8 Å². The van der Waals surface area contributed by atoms with Gasteiger partial charge >= 0.3 is 0 Å². The number of nitrogens with zero attached hydrogens (tertiary/aromatic N) is 1. The minimum atomic E-state index is -0.0658. The molecule has 1 aliphatic carbocycles. The molecule has 2 N–H and O–H groups in total. The van der Waals surface area contributed by atoms with Crippen LogP contribution >= 0.6 is 12.4 Å². The molecular formula is C14H29ClN2O. The van der Waals surface area contributed by atoms with E-state index in [9.17, 15) is 4.79 Å². The predicted molar refractivity (Wildman–Crippen MR) is 78.9 cm³/mol. The molecule has 0 heterocycles. The lowest BCUT2D eigenvalue weighted by atomic mass is 9.83. The fourth-order valence-corrected chi connectivity index (χ4v) is 2.67. The van der Waals surface area contributed by atoms with E-state index in [0.29, 0.717) is 6.04 Å². The number of carbonyl (C=O) groups is 1. The number of hydrogen-bond donors (Lipinski definition) is 1. The Labute approximate surface area is 118 Å². The first kappa shape index (κ1) is 17.7. The lowest BCUT2D eigenvalue weighted by Crippen LogP contribution is -2.45. The Kier molecular flexibility index (Phi) is 7.88. The highest BCUT2D eigenvalue weighted by Crippen LogP contribution is 2.29. The second-order valence-corrected chi connectivity index (χ2v) is 5.68. The molecule has 2 unspecified atom stereocenters. The summed E-state index contributed by atoms with van der Waals surface area (Å²) in [5.74, 6) is 1.02. The van der Waals surface area contributed by atoms with Crippen LogP contribution in [0.2, 0.25) is 0 Å². The van der Waals surface area contributed by atoms with E-state index in [1.807, 2.05) is 25.8 Å². The minimum absolute atomic E-state index is 0. The molecule has 1 rings (SSSR count). The molecule has 108 valence electrons. The van der Waals surface area contributed by atoms with Gasteiger partial charge in [0, 0.05) is 19.1 Å². The first-order valence-corrected chi connectivity index (χ1v) is 6.99. The van der Waals surface area contributed by atoms with Crippen molar-refractivity contribution in [3.05, 3.63) is 0 Å². The van der Waals surface area contributed by atoms with Gasteiger partial charge in [0.1, 0.15) is 0 Å². The highest BCUT2D eigenvalue weighted by Gasteiger charge is 2.29. The summed E-state index contributed by atoms with van der Waals surface area (Å²) in [6.07, 6.45) is 6.14. The fraction of sp³-hybridized carbons (Fsp3) is 0.929. The van der Waals surface area contributed by atoms with Crippen molar-refractivity contribution in [1.82, 2.24) is 4.90 Å². The van der Waals surface area contributed by atoms with Gasteiger partial charge in [-0.15, -0.1) is 12.4 Å². The molecule has 3 nitrogen and oxygen atoms in total. The van der Waals surface area contributed by atoms with E-state index in [1.54, 1.807) is 0 Å². The number of rotatable bonds is 4. The number of nitrogens with two attached hydrogens (primary N) is 1. The van der Waals surface area contributed by atoms with Crippen molar-refractivity contribution in [3.63, 3.8) is 0 Å². The Morgan fingerprint density at radius 2 is 1.78 bits per heavy atom. The largest absolute Gasteiger partial charge is 0.342 e. The molecule has 1 amide bonds. The van der Waals surface area contributed by atoms with Gasteiger partial charge < -0.3 is 10.6 Å². The van der Waals surface area contributed by atoms with Gasteiger partial charge in [-0.1, -0.05) is 20.3 Å². The molecule has 0 radical (unpaired) electrons. The Bertz CT molecular complexity index is 250. The van der Waals surface area contributed by atoms with Crippen LogP contribution in [0, 0.1) is 11.8 Å². The smallest absolute Gasteiger partial charge is 0.226 e. The van der Waals surface area contributed by atoms with Gasteiger partial charge in [0.2, 0.25) is 5.91 Å². The van der Waals surface area contributed by atoms with Crippen LogP contribution in [-0.2, 0) is 4.79 Å². The van der Waals surface area contributed by atoms with E-state index in [4.69, 9.17) is 5.73 Å². The summed E-state index contributed by atoms with van der Waals surface area (Å²) < 4.78 is 0. The second-order valence-electron chi connectivity index (χ2n) is 5.68. The normalized spacial score (nSPS) is 26.9. The van der Waals surface area contributed by atoms with Gasteiger partial charge in [-0.3, -0.25) is 4.79 Å². The van der Waals surface area contributed by atoms with E-state index < -0.39 is 0 Å². The summed E-state index contributed by atoms with van der Waals surface area (Å²) in [5.41, 5.74) is 5.80. The molecule has 0 aromatic heterocycles. The highest BCUT2D eigenvalue weighted by molar-refractivity contribution is 5.85. The number of carbonyl (C=O) groups excluding carboxylic acids is 1. The van der Waals surface area contributed by atoms with Gasteiger partial charge in [0.25, 0.3) is 0 Å². The first-order valence-electron chi connectivity index (χ1n) is 6.99. The van der Waals surface area contributed by atoms with E-state index in [2.05, 4.69) is 6.92 Å². The minimum Gasteiger partial charge on any atom is -0.342 e. The summed E-state index contributed by atoms with van der Waals surface area (Å²) in [7, 11) is 1.94. The maximum absolute atomic E-state index is 12.2. The molecule has 1 fully saturated rings. The van der Waals surface area contributed by atoms with Crippen molar-refractivity contribution in [2.24, 2.45) is 17.6 Å². The average Bonchev–Trinajstić information content (AvgIpc) is 2.36. The zero-order valence-electron chi connectivity index (χ0n) is 12.2. The van der Waals surface area contributed by atoms with Gasteiger partial charge in [-0.05, 0) is 38.5 Å². The maximum atomic E-state index is 12.2. The van der Waals surface area contributed by atoms with Crippen molar-refractivity contribution in [2.45, 2.75) is 65.0 Å². The third-order valence-electron chi connectivity index (χ3n) is 4.47. The molecule has 0 aromatic carbocycles. The predicted octanol–water partition coefficient (Wildman–Crippen LogP) is 2.82. The van der Waals surface area contributed by atoms with Crippen molar-refractivity contribution in [2.75, 3.05) is 7.05 Å². The van der Waals surface area contributed by atoms with E-state index >= 15 is 0 Å². The first-order chi connectivity index (χ1) is 7.97. The highest BCUT2D eigenvalue weighted by atomic mass is 35.5. The summed E-state index contributed by atoms with van der Waals surface area (Å²) >= 11 is 0. The third-order valence-corrected chi connectivity index (χ3v) is 4.47. The molecule has 0 aliphatic heterocycles. The monoisotopic (exact) mass is 276 g/mol. The van der Waals surface area contributed by atoms with Crippen LogP contribution in [0.3, 0.4) is 0 Å². The zero-order valence-corrected chi connectivity index (χ0v) is 13.0. The molecule has 0 spiro atoms. The average molecular weight is 277 g/mol. The zero-order chi connectivity index (χ0) is 13.0. The molecule has 4 heteroatoms. The number of hydrogen-bond acceptors (Lipinski definition) is 2. The molecule has 0 bridgehead atoms. The lowest BCUT2D eigenvalue weighted by Gasteiger charge is -2.36. The van der Waals surface area contributed by atoms with Crippen LogP contribution in [0.5, 0.6) is 0 Å². The standard InChI is InChI=1S/C14H28N2O.ClH/c1-5-12-6-8-13(9-7-12)16(4)14(17)10(2)11(3)15;/h10-13H,5-9,15H2,1-4H3;1H. The molecular weight excluding hydrogens is 248 g/mol. The Morgan fingerprint density at radius 1 is 1.28 bits per heavy atom. The Balaban J connectivity index is 0.00000289. The van der Waals surface area contributed by atoms with Gasteiger partial charge in [0.05, 0.1) is 5.92 Å². The van der Waals surface area contributed by atoms with Gasteiger partial charge in [0.15, 0.2) is 0 Å². The molecule has 1 saturated carbocycles. The summed E-state index contributed by atoms with van der Waals surface area (Å²) in [6.45, 7) is 6.10. The van der Waals surface area contributed by atoms with Crippen LogP contribution < -0.4 is 5.73 Å². The van der Waals surface area contributed by atoms with Crippen molar-refractivity contribution in [1.29, 1.82) is 0 Å². The quantitative estimate of drug-likeness (QED) is 0.858. The molecule has 2 atom stereocenters. The van der Waals surface area contributed by atoms with Crippen LogP contribution in [-0.4, -0.2) is 29.9 Å². The molecule has 18 heavy (non-hydrogen) atoms. The van der Waals surface area contributed by atoms with Crippen LogP contribution in [0.25, 0.3) is 0 Å². The molecule has 0 saturated heterocycles. The van der Waals surface area contributed by atoms with Crippen LogP contribution in [0.15, 0.2) is 0 Å². The lowest BCUT2D eigenvalue weighted by molar-refractivity contribution is -0.137. The van der Waals surface area contributed by atoms with Crippen molar-refractivity contribution in [3.8, 4) is 0 Å². The molecule has 1 aliphatic rings. The third kappa shape index (κ3) is 4.43. The van der Waals surface area contributed by atoms with Gasteiger partial charge in [-0.25, -0.2) is 0 Å². The number of halogens is 1. The summed E-state index contributed by atoms with van der Waals surface area (Å²) in [6, 6.07) is 0.378. The van der Waals surface area contributed by atoms with E-state index in [-0.39, 0.29) is 30.3 Å². The Morgan fingerprint density at radius 3 is 2.17 bits per heavy atom. The summed E-state index contributed by atoms with van der Waals surface area (Å²) in [5, 5.41) is 0. The maximum Gasteiger partial charge on any atom is 0.226 e. The molecule has 0 aromatic rings. The topological polar surface area (TPSA) is 46.3 Å². The summed E-state index contributed by atoms with van der Waals surface area (Å²) in [4.78, 5) is 14.1. The van der Waals surface area contributed by atoms with Crippen LogP contribution in [0.1, 0.15) is 52.9 Å². The van der Waals surface area contributed by atoms with Crippen molar-refractivity contribution < 1.29 is 4.79 Å². The fourth-order valence-electron chi connectivity index (χ4n) is 2.67. The Hall–Kier alpha value is -0.280. The van der Waals surface area contributed by atoms with Crippen molar-refractivity contribution >= 4 is 18.3 Å². The van der Waals surface area contributed by atoms with Gasteiger partial charge in [-0.2, -0.15) is 0 Å². The van der Waals surface area contributed by atoms with Crippen LogP contribution in [0.4, 0.5) is 0 Å². The SMILES string of the molecule is CCC1CCC(N(C)C(=O)C(C)C(C)N)CC1.Cl. The van der Waals surface area contributed by atoms with E-state index in [1.165, 1.54) is 19.3 Å². The second kappa shape index (κ2) is 8.00.